The van der Waals surface area contributed by atoms with Gasteiger partial charge in [-0.05, 0) is 183 Å². The molecule has 96 heavy (non-hydrogen) atoms. The van der Waals surface area contributed by atoms with Crippen molar-refractivity contribution in [2.45, 2.75) is 10.8 Å². The molecule has 0 fully saturated rings. The normalized spacial score (nSPS) is 14.4. The monoisotopic (exact) mass is 1210 g/mol. The average molecular weight is 1210 g/mol. The van der Waals surface area contributed by atoms with Gasteiger partial charge in [0.05, 0.1) is 27.6 Å². The zero-order valence-electron chi connectivity index (χ0n) is 52.3. The number of fused-ring (bicyclic) bond motifs is 27. The molecule has 0 bridgehead atoms. The Labute approximate surface area is 557 Å². The summed E-state index contributed by atoms with van der Waals surface area (Å²) in [6, 6.07) is 130. The van der Waals surface area contributed by atoms with Crippen molar-refractivity contribution >= 4 is 79.0 Å². The van der Waals surface area contributed by atoms with Gasteiger partial charge in [0, 0.05) is 50.5 Å². The van der Waals surface area contributed by atoms with Crippen molar-refractivity contribution in [2.75, 3.05) is 9.80 Å². The first kappa shape index (κ1) is 52.3. The van der Waals surface area contributed by atoms with Gasteiger partial charge in [0.2, 0.25) is 0 Å². The minimum absolute atomic E-state index is 0.207. The summed E-state index contributed by atoms with van der Waals surface area (Å²) in [5.74, 6) is 0. The second kappa shape index (κ2) is 19.2. The molecule has 22 rings (SSSR count). The Morgan fingerprint density at radius 3 is 1.20 bits per heavy atom. The van der Waals surface area contributed by atoms with Crippen LogP contribution in [0, 0.1) is 0 Å². The summed E-state index contributed by atoms with van der Waals surface area (Å²) in [6.07, 6.45) is 0. The molecule has 0 saturated heterocycles. The fourth-order valence-corrected chi connectivity index (χ4v) is 19.0. The van der Waals surface area contributed by atoms with Crippen LogP contribution in [0.3, 0.4) is 0 Å². The summed E-state index contributed by atoms with van der Waals surface area (Å²) in [5.41, 5.74) is 38.5. The highest BCUT2D eigenvalue weighted by Crippen LogP contribution is 2.67. The highest BCUT2D eigenvalue weighted by Gasteiger charge is 2.57. The van der Waals surface area contributed by atoms with Crippen molar-refractivity contribution in [3.05, 3.63) is 384 Å². The van der Waals surface area contributed by atoms with E-state index in [1.165, 1.54) is 155 Å². The molecule has 15 aromatic carbocycles. The van der Waals surface area contributed by atoms with Gasteiger partial charge in [-0.15, -0.1) is 0 Å². The number of anilines is 6. The molecule has 0 radical (unpaired) electrons. The van der Waals surface area contributed by atoms with E-state index in [0.29, 0.717) is 0 Å². The molecule has 0 atom stereocenters. The van der Waals surface area contributed by atoms with E-state index in [0.717, 1.165) is 33.9 Å². The van der Waals surface area contributed by atoms with Crippen LogP contribution in [0.1, 0.15) is 44.5 Å². The third-order valence-corrected chi connectivity index (χ3v) is 22.6. The Morgan fingerprint density at radius 2 is 0.646 bits per heavy atom. The molecule has 1 aromatic heterocycles. The van der Waals surface area contributed by atoms with E-state index >= 15 is 0 Å². The number of nitrogens with zero attached hydrogens (tertiary/aromatic N) is 3. The van der Waals surface area contributed by atoms with E-state index < -0.39 is 10.8 Å². The van der Waals surface area contributed by atoms with Gasteiger partial charge in [0.1, 0.15) is 0 Å². The lowest BCUT2D eigenvalue weighted by Gasteiger charge is -2.46. The molecule has 442 valence electrons. The van der Waals surface area contributed by atoms with Crippen LogP contribution in [-0.2, 0) is 10.8 Å². The number of para-hydroxylation sites is 2. The lowest BCUT2D eigenvalue weighted by molar-refractivity contribution is 0.790. The number of rotatable bonds is 5. The first-order valence-corrected chi connectivity index (χ1v) is 33.7. The molecule has 0 amide bonds. The van der Waals surface area contributed by atoms with Crippen molar-refractivity contribution < 1.29 is 0 Å². The van der Waals surface area contributed by atoms with Crippen LogP contribution < -0.4 is 26.2 Å². The van der Waals surface area contributed by atoms with Crippen LogP contribution in [0.5, 0.6) is 0 Å². The molecule has 0 saturated carbocycles. The SMILES string of the molecule is c1ccc(-c2ccc(N3c4cc(-n5c6ccccc6c6ccccc65)ccc4B4c5cc6c(cc5N(c5cccc7c5C5(c8ccccc8-c8ccccc85)c5ccccc5-7)c5cc(-c7ccccc7)cc3c54)C3(c4ccccc4-c4ccccc43)c3ccccc3-6)cc2)cc1. The maximum Gasteiger partial charge on any atom is 0.252 e. The first-order chi connectivity index (χ1) is 47.7. The summed E-state index contributed by atoms with van der Waals surface area (Å²) < 4.78 is 2.49. The Balaban J connectivity index is 0.902. The Hall–Kier alpha value is -12.2. The molecule has 16 aromatic rings. The largest absolute Gasteiger partial charge is 0.311 e. The lowest BCUT2D eigenvalue weighted by Crippen LogP contribution is -2.61. The van der Waals surface area contributed by atoms with E-state index in [-0.39, 0.29) is 6.71 Å². The molecule has 0 unspecified atom stereocenters. The van der Waals surface area contributed by atoms with Crippen LogP contribution >= 0.6 is 0 Å². The fraction of sp³-hybridized carbons (Fsp3) is 0.0217. The van der Waals surface area contributed by atoms with E-state index in [1.54, 1.807) is 0 Å². The molecule has 4 aliphatic carbocycles. The Bertz CT molecular complexity index is 5900. The van der Waals surface area contributed by atoms with Crippen molar-refractivity contribution in [3.8, 4) is 72.4 Å². The number of hydrogen-bond donors (Lipinski definition) is 0. The van der Waals surface area contributed by atoms with Crippen LogP contribution in [0.25, 0.3) is 94.3 Å². The summed E-state index contributed by atoms with van der Waals surface area (Å²) >= 11 is 0. The minimum atomic E-state index is -0.649. The first-order valence-electron chi connectivity index (χ1n) is 33.7. The smallest absolute Gasteiger partial charge is 0.252 e. The molecular weight excluding hydrogens is 1160 g/mol. The summed E-state index contributed by atoms with van der Waals surface area (Å²) in [5, 5.41) is 2.48. The van der Waals surface area contributed by atoms with Crippen LogP contribution in [0.4, 0.5) is 34.1 Å². The molecule has 4 heteroatoms. The van der Waals surface area contributed by atoms with E-state index in [9.17, 15) is 0 Å². The van der Waals surface area contributed by atoms with E-state index in [1.807, 2.05) is 0 Å². The molecule has 6 aliphatic rings. The van der Waals surface area contributed by atoms with Gasteiger partial charge in [-0.2, -0.15) is 0 Å². The molecule has 3 heterocycles. The maximum absolute atomic E-state index is 2.77. The molecule has 3 nitrogen and oxygen atoms in total. The van der Waals surface area contributed by atoms with Gasteiger partial charge < -0.3 is 14.4 Å². The third-order valence-electron chi connectivity index (χ3n) is 22.6. The second-order valence-electron chi connectivity index (χ2n) is 26.9. The summed E-state index contributed by atoms with van der Waals surface area (Å²) in [7, 11) is 0. The van der Waals surface area contributed by atoms with Crippen LogP contribution in [-0.4, -0.2) is 11.3 Å². The highest BCUT2D eigenvalue weighted by molar-refractivity contribution is 7.00. The van der Waals surface area contributed by atoms with Gasteiger partial charge in [-0.25, -0.2) is 0 Å². The maximum atomic E-state index is 2.77. The van der Waals surface area contributed by atoms with Crippen molar-refractivity contribution in [3.63, 3.8) is 0 Å². The zero-order chi connectivity index (χ0) is 62.5. The zero-order valence-corrected chi connectivity index (χ0v) is 52.3. The van der Waals surface area contributed by atoms with Crippen molar-refractivity contribution in [1.29, 1.82) is 0 Å². The third kappa shape index (κ3) is 6.58. The standard InChI is InChI=1S/C92H56BN3/c1-3-24-57(25-4-1)59-46-48-61(49-47-59)94-85-54-62(95-82-43-21-13-34-69(82)70-35-14-22-44-83(70)95)50-51-80(85)93-81-55-72-68-33-12-17-39-75(68)91(73-37-15-7-28-63(73)64-29-8-16-38-74(64)91)79(72)56-86(81)96(88-53-60(52-87(94)90(88)93)58-26-5-2-6-27-58)84-45-23-36-71-67-32-11-20-42-78(67)92(89(71)84)76-40-18-9-30-65(76)66-31-10-19-41-77(66)92/h1-56H. The highest BCUT2D eigenvalue weighted by atomic mass is 15.2. The summed E-state index contributed by atoms with van der Waals surface area (Å²) in [4.78, 5) is 5.39. The average Bonchev–Trinajstić information content (AvgIpc) is 1.38. The topological polar surface area (TPSA) is 11.4 Å². The predicted octanol–water partition coefficient (Wildman–Crippen LogP) is 20.9. The van der Waals surface area contributed by atoms with Gasteiger partial charge >= 0.3 is 0 Å². The molecule has 2 spiro atoms. The van der Waals surface area contributed by atoms with Gasteiger partial charge in [0.25, 0.3) is 6.71 Å². The van der Waals surface area contributed by atoms with Gasteiger partial charge in [0.15, 0.2) is 0 Å². The lowest BCUT2D eigenvalue weighted by atomic mass is 9.33. The number of hydrogen-bond acceptors (Lipinski definition) is 2. The molecule has 0 N–H and O–H groups in total. The molecular formula is C92H56BN3. The quantitative estimate of drug-likeness (QED) is 0.159. The number of benzene rings is 15. The van der Waals surface area contributed by atoms with Crippen molar-refractivity contribution in [1.82, 2.24) is 4.57 Å². The van der Waals surface area contributed by atoms with Crippen molar-refractivity contribution in [2.24, 2.45) is 0 Å². The Morgan fingerprint density at radius 1 is 0.229 bits per heavy atom. The second-order valence-corrected chi connectivity index (χ2v) is 26.9. The minimum Gasteiger partial charge on any atom is -0.311 e. The fourth-order valence-electron chi connectivity index (χ4n) is 19.0. The van der Waals surface area contributed by atoms with E-state index in [4.69, 9.17) is 0 Å². The van der Waals surface area contributed by atoms with Crippen LogP contribution in [0.2, 0.25) is 0 Å². The molecule has 2 aliphatic heterocycles. The Kier molecular flexibility index (Phi) is 10.5. The van der Waals surface area contributed by atoms with Gasteiger partial charge in [-0.1, -0.05) is 279 Å². The van der Waals surface area contributed by atoms with Gasteiger partial charge in [-0.3, -0.25) is 0 Å². The summed E-state index contributed by atoms with van der Waals surface area (Å²) in [6.45, 7) is -0.207. The number of aromatic nitrogens is 1. The van der Waals surface area contributed by atoms with E-state index in [2.05, 4.69) is 354 Å². The predicted molar refractivity (Wildman–Crippen MR) is 398 cm³/mol. The van der Waals surface area contributed by atoms with Crippen LogP contribution in [0.15, 0.2) is 340 Å².